The third kappa shape index (κ3) is 4.43. The number of carbonyl (C=O) groups excluding carboxylic acids is 2. The molecular weight excluding hydrogens is 422 g/mol. The van der Waals surface area contributed by atoms with Gasteiger partial charge in [-0.3, -0.25) is 9.59 Å². The number of ether oxygens (including phenoxy) is 2. The van der Waals surface area contributed by atoms with Crippen LogP contribution in [0.5, 0.6) is 11.5 Å². The van der Waals surface area contributed by atoms with E-state index in [9.17, 15) is 9.59 Å². The molecule has 3 heterocycles. The van der Waals surface area contributed by atoms with Crippen molar-refractivity contribution in [3.63, 3.8) is 0 Å². The quantitative estimate of drug-likeness (QED) is 0.619. The van der Waals surface area contributed by atoms with Gasteiger partial charge in [-0.25, -0.2) is 9.97 Å². The summed E-state index contributed by atoms with van der Waals surface area (Å²) in [5, 5.41) is 6.09. The minimum absolute atomic E-state index is 0.101. The molecule has 1 unspecified atom stereocenters. The zero-order chi connectivity index (χ0) is 22.9. The number of rotatable bonds is 5. The number of nitrogens with zero attached hydrogens (tertiary/aromatic N) is 3. The van der Waals surface area contributed by atoms with Crippen LogP contribution in [-0.4, -0.2) is 35.1 Å². The molecule has 2 aromatic carbocycles. The first kappa shape index (κ1) is 20.7. The molecule has 0 bridgehead atoms. The Kier molecular flexibility index (Phi) is 5.29. The number of aromatic nitrogens is 2. The van der Waals surface area contributed by atoms with E-state index >= 15 is 0 Å². The van der Waals surface area contributed by atoms with Crippen molar-refractivity contribution in [2.45, 2.75) is 20.3 Å². The molecule has 0 radical (unpaired) electrons. The van der Waals surface area contributed by atoms with Crippen LogP contribution in [0.1, 0.15) is 17.8 Å². The monoisotopic (exact) mass is 445 g/mol. The largest absolute Gasteiger partial charge is 0.454 e. The van der Waals surface area contributed by atoms with E-state index < -0.39 is 5.92 Å². The first-order valence-electron chi connectivity index (χ1n) is 10.6. The van der Waals surface area contributed by atoms with Crippen LogP contribution in [0.3, 0.4) is 0 Å². The Bertz CT molecular complexity index is 1230. The fourth-order valence-corrected chi connectivity index (χ4v) is 4.02. The highest BCUT2D eigenvalue weighted by Gasteiger charge is 2.35. The van der Waals surface area contributed by atoms with Crippen molar-refractivity contribution in [3.8, 4) is 11.5 Å². The zero-order valence-corrected chi connectivity index (χ0v) is 18.3. The lowest BCUT2D eigenvalue weighted by molar-refractivity contribution is -0.122. The first-order chi connectivity index (χ1) is 15.9. The number of carbonyl (C=O) groups is 2. The third-order valence-corrected chi connectivity index (χ3v) is 5.53. The van der Waals surface area contributed by atoms with Gasteiger partial charge >= 0.3 is 0 Å². The number of hydrogen-bond acceptors (Lipinski definition) is 7. The van der Waals surface area contributed by atoms with Gasteiger partial charge in [-0.1, -0.05) is 6.07 Å². The molecule has 9 nitrogen and oxygen atoms in total. The molecule has 1 saturated heterocycles. The number of anilines is 4. The van der Waals surface area contributed by atoms with Gasteiger partial charge in [0.05, 0.1) is 5.92 Å². The van der Waals surface area contributed by atoms with E-state index in [0.29, 0.717) is 35.4 Å². The number of benzene rings is 2. The normalized spacial score (nSPS) is 16.7. The highest BCUT2D eigenvalue weighted by Crippen LogP contribution is 2.37. The lowest BCUT2D eigenvalue weighted by atomic mass is 10.1. The first-order valence-corrected chi connectivity index (χ1v) is 10.6. The second kappa shape index (κ2) is 8.42. The van der Waals surface area contributed by atoms with Gasteiger partial charge in [-0.05, 0) is 50.2 Å². The van der Waals surface area contributed by atoms with Gasteiger partial charge in [0.25, 0.3) is 0 Å². The van der Waals surface area contributed by atoms with E-state index in [1.165, 1.54) is 0 Å². The Morgan fingerprint density at radius 3 is 2.58 bits per heavy atom. The van der Waals surface area contributed by atoms with Crippen LogP contribution in [0.25, 0.3) is 0 Å². The van der Waals surface area contributed by atoms with Crippen molar-refractivity contribution in [2.24, 2.45) is 5.92 Å². The van der Waals surface area contributed by atoms with Crippen molar-refractivity contribution >= 4 is 34.8 Å². The minimum atomic E-state index is -0.456. The molecule has 0 spiro atoms. The summed E-state index contributed by atoms with van der Waals surface area (Å²) in [6.07, 6.45) is 0.147. The van der Waals surface area contributed by atoms with Crippen LogP contribution in [0.2, 0.25) is 0 Å². The average Bonchev–Trinajstić information content (AvgIpc) is 3.39. The molecule has 2 N–H and O–H groups in total. The van der Waals surface area contributed by atoms with Crippen LogP contribution in [0.15, 0.2) is 48.5 Å². The highest BCUT2D eigenvalue weighted by molar-refractivity contribution is 6.03. The van der Waals surface area contributed by atoms with Crippen LogP contribution in [0.4, 0.5) is 23.0 Å². The van der Waals surface area contributed by atoms with E-state index in [-0.39, 0.29) is 25.0 Å². The van der Waals surface area contributed by atoms with Gasteiger partial charge in [-0.2, -0.15) is 0 Å². The Morgan fingerprint density at radius 2 is 1.76 bits per heavy atom. The Balaban J connectivity index is 1.25. The molecular formula is C24H23N5O4. The fourth-order valence-electron chi connectivity index (χ4n) is 4.02. The van der Waals surface area contributed by atoms with Crippen molar-refractivity contribution in [1.29, 1.82) is 0 Å². The summed E-state index contributed by atoms with van der Waals surface area (Å²) >= 11 is 0. The highest BCUT2D eigenvalue weighted by atomic mass is 16.7. The molecule has 0 aliphatic carbocycles. The topological polar surface area (TPSA) is 106 Å². The third-order valence-electron chi connectivity index (χ3n) is 5.53. The smallest absolute Gasteiger partial charge is 0.231 e. The zero-order valence-electron chi connectivity index (χ0n) is 18.3. The van der Waals surface area contributed by atoms with Crippen molar-refractivity contribution in [1.82, 2.24) is 9.97 Å². The van der Waals surface area contributed by atoms with Crippen molar-refractivity contribution in [3.05, 3.63) is 59.9 Å². The van der Waals surface area contributed by atoms with Crippen LogP contribution in [-0.2, 0) is 9.59 Å². The predicted molar refractivity (Wildman–Crippen MR) is 123 cm³/mol. The second-order valence-electron chi connectivity index (χ2n) is 8.11. The molecule has 0 saturated carbocycles. The lowest BCUT2D eigenvalue weighted by Gasteiger charge is -2.17. The fraction of sp³-hybridized carbons (Fsp3) is 0.250. The lowest BCUT2D eigenvalue weighted by Crippen LogP contribution is -2.28. The molecule has 1 aromatic heterocycles. The summed E-state index contributed by atoms with van der Waals surface area (Å²) in [6, 6.07) is 14.6. The summed E-state index contributed by atoms with van der Waals surface area (Å²) in [7, 11) is 0. The van der Waals surface area contributed by atoms with Gasteiger partial charge < -0.3 is 25.0 Å². The molecule has 168 valence electrons. The van der Waals surface area contributed by atoms with Gasteiger partial charge in [0.2, 0.25) is 24.6 Å². The molecule has 1 fully saturated rings. The SMILES string of the molecule is Cc1cc(C)nc(Nc2cccc(NC(=O)C3CC(=O)N(c4ccc5c(c4)OCO5)C3)c2)n1. The number of nitrogens with one attached hydrogen (secondary N) is 2. The van der Waals surface area contributed by atoms with E-state index in [4.69, 9.17) is 9.47 Å². The molecule has 2 amide bonds. The molecule has 1 atom stereocenters. The van der Waals surface area contributed by atoms with Crippen LogP contribution >= 0.6 is 0 Å². The van der Waals surface area contributed by atoms with Gasteiger partial charge in [0, 0.05) is 47.5 Å². The van der Waals surface area contributed by atoms with Gasteiger partial charge in [0.15, 0.2) is 11.5 Å². The minimum Gasteiger partial charge on any atom is -0.454 e. The molecule has 2 aliphatic rings. The summed E-state index contributed by atoms with van der Waals surface area (Å²) in [5.41, 5.74) is 3.81. The summed E-state index contributed by atoms with van der Waals surface area (Å²) in [6.45, 7) is 4.29. The van der Waals surface area contributed by atoms with E-state index in [1.807, 2.05) is 38.1 Å². The Hall–Kier alpha value is -4.14. The molecule has 33 heavy (non-hydrogen) atoms. The maximum Gasteiger partial charge on any atom is 0.231 e. The summed E-state index contributed by atoms with van der Waals surface area (Å²) < 4.78 is 10.7. The number of amides is 2. The van der Waals surface area contributed by atoms with Crippen molar-refractivity contribution < 1.29 is 19.1 Å². The predicted octanol–water partition coefficient (Wildman–Crippen LogP) is 3.56. The number of aryl methyl sites for hydroxylation is 2. The van der Waals surface area contributed by atoms with Crippen molar-refractivity contribution in [2.75, 3.05) is 28.9 Å². The molecule has 3 aromatic rings. The Morgan fingerprint density at radius 1 is 1.00 bits per heavy atom. The maximum atomic E-state index is 12.9. The van der Waals surface area contributed by atoms with E-state index in [2.05, 4.69) is 20.6 Å². The number of fused-ring (bicyclic) bond motifs is 1. The maximum absolute atomic E-state index is 12.9. The average molecular weight is 445 g/mol. The second-order valence-corrected chi connectivity index (χ2v) is 8.11. The Labute approximate surface area is 190 Å². The number of hydrogen-bond donors (Lipinski definition) is 2. The molecule has 5 rings (SSSR count). The van der Waals surface area contributed by atoms with Crippen LogP contribution in [0, 0.1) is 19.8 Å². The van der Waals surface area contributed by atoms with Crippen LogP contribution < -0.4 is 25.0 Å². The standard InChI is InChI=1S/C24H23N5O4/c1-14-8-15(2)26-24(25-14)28-18-5-3-4-17(10-18)27-23(31)16-9-22(30)29(12-16)19-6-7-20-21(11-19)33-13-32-20/h3-8,10-11,16H,9,12-13H2,1-2H3,(H,27,31)(H,25,26,28). The molecule has 9 heteroatoms. The van der Waals surface area contributed by atoms with E-state index in [0.717, 1.165) is 17.1 Å². The summed E-state index contributed by atoms with van der Waals surface area (Å²) in [4.78, 5) is 35.9. The van der Waals surface area contributed by atoms with Gasteiger partial charge in [0.1, 0.15) is 0 Å². The summed E-state index contributed by atoms with van der Waals surface area (Å²) in [5.74, 6) is 0.992. The van der Waals surface area contributed by atoms with Gasteiger partial charge in [-0.15, -0.1) is 0 Å². The molecule has 2 aliphatic heterocycles. The van der Waals surface area contributed by atoms with E-state index in [1.54, 1.807) is 29.2 Å².